The van der Waals surface area contributed by atoms with Gasteiger partial charge in [-0.25, -0.2) is 13.6 Å². The summed E-state index contributed by atoms with van der Waals surface area (Å²) in [6.45, 7) is 4.11. The summed E-state index contributed by atoms with van der Waals surface area (Å²) in [5.41, 5.74) is 2.63. The maximum absolute atomic E-state index is 11.0. The van der Waals surface area contributed by atoms with Gasteiger partial charge in [0.1, 0.15) is 5.76 Å². The zero-order valence-electron chi connectivity index (χ0n) is 10.0. The monoisotopic (exact) mass is 270 g/mol. The van der Waals surface area contributed by atoms with Crippen LogP contribution in [0.4, 0.5) is 5.69 Å². The third-order valence-electron chi connectivity index (χ3n) is 2.48. The van der Waals surface area contributed by atoms with Crippen LogP contribution in [0.2, 0.25) is 0 Å². The number of aromatic amines is 1. The van der Waals surface area contributed by atoms with E-state index in [2.05, 4.69) is 15.5 Å². The van der Waals surface area contributed by atoms with Crippen molar-refractivity contribution in [3.63, 3.8) is 0 Å². The van der Waals surface area contributed by atoms with E-state index in [9.17, 15) is 8.42 Å². The zero-order chi connectivity index (χ0) is 13.3. The number of H-pyrrole nitrogens is 1. The van der Waals surface area contributed by atoms with Crippen LogP contribution in [0.15, 0.2) is 21.6 Å². The molecule has 0 atom stereocenters. The highest BCUT2D eigenvalue weighted by molar-refractivity contribution is 7.89. The molecule has 0 aromatic carbocycles. The quantitative estimate of drug-likeness (QED) is 0.763. The van der Waals surface area contributed by atoms with Gasteiger partial charge in [0.25, 0.3) is 10.0 Å². The lowest BCUT2D eigenvalue weighted by Gasteiger charge is -2.03. The number of aromatic nitrogens is 2. The van der Waals surface area contributed by atoms with Crippen LogP contribution in [0.25, 0.3) is 0 Å². The Balaban J connectivity index is 2.10. The minimum atomic E-state index is -3.78. The zero-order valence-corrected chi connectivity index (χ0v) is 10.8. The number of furan rings is 1. The molecule has 2 aromatic rings. The Labute approximate surface area is 104 Å². The molecule has 8 heteroatoms. The predicted molar refractivity (Wildman–Crippen MR) is 65.5 cm³/mol. The van der Waals surface area contributed by atoms with Gasteiger partial charge in [0.2, 0.25) is 5.09 Å². The van der Waals surface area contributed by atoms with E-state index in [-0.39, 0.29) is 5.09 Å². The lowest BCUT2D eigenvalue weighted by atomic mass is 10.3. The molecule has 7 nitrogen and oxygen atoms in total. The summed E-state index contributed by atoms with van der Waals surface area (Å²) in [4.78, 5) is 0. The Morgan fingerprint density at radius 1 is 1.44 bits per heavy atom. The Morgan fingerprint density at radius 2 is 2.17 bits per heavy atom. The normalized spacial score (nSPS) is 11.7. The van der Waals surface area contributed by atoms with E-state index in [0.717, 1.165) is 17.1 Å². The highest BCUT2D eigenvalue weighted by Gasteiger charge is 2.13. The van der Waals surface area contributed by atoms with Crippen LogP contribution in [-0.2, 0) is 16.6 Å². The molecule has 0 radical (unpaired) electrons. The molecule has 98 valence electrons. The maximum Gasteiger partial charge on any atom is 0.271 e. The Kier molecular flexibility index (Phi) is 3.14. The van der Waals surface area contributed by atoms with Gasteiger partial charge in [0, 0.05) is 0 Å². The van der Waals surface area contributed by atoms with Crippen molar-refractivity contribution < 1.29 is 12.8 Å². The molecular formula is C10H14N4O3S. The van der Waals surface area contributed by atoms with Gasteiger partial charge in [-0.3, -0.25) is 5.10 Å². The van der Waals surface area contributed by atoms with Crippen LogP contribution < -0.4 is 10.5 Å². The van der Waals surface area contributed by atoms with Crippen LogP contribution in [0.1, 0.15) is 17.1 Å². The fraction of sp³-hybridized carbons (Fsp3) is 0.300. The second-order valence-corrected chi connectivity index (χ2v) is 5.42. The summed E-state index contributed by atoms with van der Waals surface area (Å²) >= 11 is 0. The number of primary sulfonamides is 1. The largest absolute Gasteiger partial charge is 0.446 e. The molecule has 0 aliphatic rings. The summed E-state index contributed by atoms with van der Waals surface area (Å²) in [6, 6.07) is 2.90. The van der Waals surface area contributed by atoms with E-state index in [1.54, 1.807) is 6.07 Å². The molecule has 4 N–H and O–H groups in total. The lowest BCUT2D eigenvalue weighted by Crippen LogP contribution is -2.10. The van der Waals surface area contributed by atoms with Crippen molar-refractivity contribution in [1.82, 2.24) is 10.2 Å². The molecule has 0 amide bonds. The van der Waals surface area contributed by atoms with E-state index in [4.69, 9.17) is 9.56 Å². The molecule has 2 heterocycles. The third kappa shape index (κ3) is 2.54. The molecule has 2 aromatic heterocycles. The molecule has 18 heavy (non-hydrogen) atoms. The van der Waals surface area contributed by atoms with Crippen LogP contribution >= 0.6 is 0 Å². The summed E-state index contributed by atoms with van der Waals surface area (Å²) in [7, 11) is -3.78. The molecule has 0 spiro atoms. The summed E-state index contributed by atoms with van der Waals surface area (Å²) in [5, 5.41) is 14.7. The van der Waals surface area contributed by atoms with Crippen molar-refractivity contribution >= 4 is 15.7 Å². The molecule has 0 saturated heterocycles. The first-order valence-corrected chi connectivity index (χ1v) is 6.79. The highest BCUT2D eigenvalue weighted by Crippen LogP contribution is 2.18. The summed E-state index contributed by atoms with van der Waals surface area (Å²) < 4.78 is 27.2. The minimum Gasteiger partial charge on any atom is -0.446 e. The van der Waals surface area contributed by atoms with Crippen LogP contribution in [0.5, 0.6) is 0 Å². The number of nitrogens with zero attached hydrogens (tertiary/aromatic N) is 1. The van der Waals surface area contributed by atoms with Gasteiger partial charge in [-0.2, -0.15) is 5.10 Å². The van der Waals surface area contributed by atoms with Gasteiger partial charge < -0.3 is 9.73 Å². The number of hydrogen-bond donors (Lipinski definition) is 3. The maximum atomic E-state index is 11.0. The Hall–Kier alpha value is -1.80. The molecule has 0 saturated carbocycles. The molecule has 0 bridgehead atoms. The van der Waals surface area contributed by atoms with Gasteiger partial charge in [-0.1, -0.05) is 0 Å². The lowest BCUT2D eigenvalue weighted by molar-refractivity contribution is 0.419. The average Bonchev–Trinajstić information content (AvgIpc) is 2.84. The van der Waals surface area contributed by atoms with E-state index in [1.165, 1.54) is 6.07 Å². The Morgan fingerprint density at radius 3 is 2.67 bits per heavy atom. The number of nitrogens with one attached hydrogen (secondary N) is 2. The summed E-state index contributed by atoms with van der Waals surface area (Å²) in [5.74, 6) is 0.485. The molecule has 2 rings (SSSR count). The van der Waals surface area contributed by atoms with Crippen molar-refractivity contribution in [3.05, 3.63) is 29.3 Å². The third-order valence-corrected chi connectivity index (χ3v) is 3.27. The van der Waals surface area contributed by atoms with Gasteiger partial charge in [-0.05, 0) is 26.0 Å². The van der Waals surface area contributed by atoms with E-state index in [0.29, 0.717) is 12.3 Å². The molecule has 0 aliphatic carbocycles. The van der Waals surface area contributed by atoms with E-state index >= 15 is 0 Å². The molecule has 0 unspecified atom stereocenters. The number of hydrogen-bond acceptors (Lipinski definition) is 5. The van der Waals surface area contributed by atoms with Crippen molar-refractivity contribution in [2.75, 3.05) is 5.32 Å². The van der Waals surface area contributed by atoms with Crippen molar-refractivity contribution in [2.45, 2.75) is 25.5 Å². The Bertz CT molecular complexity index is 637. The number of anilines is 1. The summed E-state index contributed by atoms with van der Waals surface area (Å²) in [6.07, 6.45) is 0. The highest BCUT2D eigenvalue weighted by atomic mass is 32.2. The van der Waals surface area contributed by atoms with Crippen LogP contribution in [0, 0.1) is 13.8 Å². The molecule has 0 fully saturated rings. The molecular weight excluding hydrogens is 256 g/mol. The molecule has 0 aliphatic heterocycles. The van der Waals surface area contributed by atoms with Crippen LogP contribution in [-0.4, -0.2) is 18.6 Å². The van der Waals surface area contributed by atoms with Gasteiger partial charge in [0.05, 0.1) is 23.6 Å². The fourth-order valence-corrected chi connectivity index (χ4v) is 2.07. The number of rotatable bonds is 4. The van der Waals surface area contributed by atoms with Crippen molar-refractivity contribution in [1.29, 1.82) is 0 Å². The van der Waals surface area contributed by atoms with Crippen LogP contribution in [0.3, 0.4) is 0 Å². The second kappa shape index (κ2) is 4.46. The van der Waals surface area contributed by atoms with Gasteiger partial charge >= 0.3 is 0 Å². The smallest absolute Gasteiger partial charge is 0.271 e. The SMILES string of the molecule is Cc1n[nH]c(C)c1NCc1ccc(S(N)(=O)=O)o1. The fourth-order valence-electron chi connectivity index (χ4n) is 1.59. The van der Waals surface area contributed by atoms with Crippen molar-refractivity contribution in [2.24, 2.45) is 5.14 Å². The minimum absolute atomic E-state index is 0.236. The van der Waals surface area contributed by atoms with Gasteiger partial charge in [0.15, 0.2) is 0 Å². The van der Waals surface area contributed by atoms with E-state index in [1.807, 2.05) is 13.8 Å². The first-order valence-electron chi connectivity index (χ1n) is 5.25. The first-order chi connectivity index (χ1) is 8.38. The standard InChI is InChI=1S/C10H14N4O3S/c1-6-10(7(2)14-13-6)12-5-8-3-4-9(17-8)18(11,15)16/h3-4,12H,5H2,1-2H3,(H,13,14)(H2,11,15,16). The second-order valence-electron chi connectivity index (χ2n) is 3.93. The predicted octanol–water partition coefficient (Wildman–Crippen LogP) is 0.879. The number of nitrogens with two attached hydrogens (primary N) is 1. The van der Waals surface area contributed by atoms with Gasteiger partial charge in [-0.15, -0.1) is 0 Å². The first kappa shape index (κ1) is 12.7. The number of aryl methyl sites for hydroxylation is 2. The van der Waals surface area contributed by atoms with E-state index < -0.39 is 10.0 Å². The van der Waals surface area contributed by atoms with Crippen molar-refractivity contribution in [3.8, 4) is 0 Å². The average molecular weight is 270 g/mol. The number of sulfonamides is 1. The topological polar surface area (TPSA) is 114 Å².